The molecule has 0 unspecified atom stereocenters. The molecule has 0 saturated heterocycles. The number of rotatable bonds is 2. The van der Waals surface area contributed by atoms with E-state index in [0.717, 1.165) is 6.42 Å². The third-order valence-corrected chi connectivity index (χ3v) is 5.71. The molecule has 0 N–H and O–H groups in total. The van der Waals surface area contributed by atoms with Crippen molar-refractivity contribution >= 4 is 10.8 Å². The van der Waals surface area contributed by atoms with Crippen LogP contribution >= 0.6 is 0 Å². The van der Waals surface area contributed by atoms with Crippen LogP contribution in [0.25, 0.3) is 44.3 Å². The predicted molar refractivity (Wildman–Crippen MR) is 114 cm³/mol. The van der Waals surface area contributed by atoms with E-state index in [-0.39, 0.29) is 0 Å². The summed E-state index contributed by atoms with van der Waals surface area (Å²) in [5.74, 6) is 0.640. The fraction of sp³-hybridized carbons (Fsp3) is 0.192. The Morgan fingerprint density at radius 1 is 0.704 bits per heavy atom. The zero-order valence-electron chi connectivity index (χ0n) is 16.2. The molecule has 0 radical (unpaired) electrons. The summed E-state index contributed by atoms with van der Waals surface area (Å²) in [6.45, 7) is 4.60. The summed E-state index contributed by atoms with van der Waals surface area (Å²) >= 11 is 0. The average molecular weight is 350 g/mol. The quantitative estimate of drug-likeness (QED) is 0.335. The van der Waals surface area contributed by atoms with Gasteiger partial charge in [0, 0.05) is 6.07 Å². The second-order valence-electron chi connectivity index (χ2n) is 8.03. The number of hydrogen-bond acceptors (Lipinski definition) is 0. The van der Waals surface area contributed by atoms with Gasteiger partial charge in [-0.2, -0.15) is 0 Å². The number of aromatic nitrogens is 1. The van der Waals surface area contributed by atoms with Gasteiger partial charge in [0.1, 0.15) is 7.05 Å². The lowest BCUT2D eigenvalue weighted by molar-refractivity contribution is -0.659. The first-order valence-corrected chi connectivity index (χ1v) is 9.78. The van der Waals surface area contributed by atoms with Gasteiger partial charge in [0.25, 0.3) is 0 Å². The highest BCUT2D eigenvalue weighted by atomic mass is 14.9. The Morgan fingerprint density at radius 2 is 1.30 bits per heavy atom. The summed E-state index contributed by atoms with van der Waals surface area (Å²) in [6.07, 6.45) is 3.32. The minimum atomic E-state index is 0.640. The normalized spacial score (nSPS) is 12.0. The van der Waals surface area contributed by atoms with Gasteiger partial charge in [-0.05, 0) is 51.6 Å². The van der Waals surface area contributed by atoms with Gasteiger partial charge in [0.2, 0.25) is 5.69 Å². The van der Waals surface area contributed by atoms with Crippen LogP contribution in [-0.2, 0) is 13.5 Å². The molecule has 3 aromatic carbocycles. The van der Waals surface area contributed by atoms with Crippen LogP contribution in [0.1, 0.15) is 19.4 Å². The molecule has 5 rings (SSSR count). The molecule has 4 aromatic rings. The topological polar surface area (TPSA) is 3.88 Å². The molecule has 1 heteroatoms. The molecule has 0 fully saturated rings. The van der Waals surface area contributed by atoms with Gasteiger partial charge in [-0.15, -0.1) is 0 Å². The van der Waals surface area contributed by atoms with Gasteiger partial charge in [-0.3, -0.25) is 0 Å². The lowest BCUT2D eigenvalue weighted by Gasteiger charge is -2.14. The highest BCUT2D eigenvalue weighted by Gasteiger charge is 2.27. The fourth-order valence-corrected chi connectivity index (χ4v) is 4.59. The molecule has 0 saturated carbocycles. The van der Waals surface area contributed by atoms with Crippen molar-refractivity contribution in [3.63, 3.8) is 0 Å². The third kappa shape index (κ3) is 2.42. The van der Waals surface area contributed by atoms with E-state index in [2.05, 4.69) is 98.4 Å². The SMILES string of the molecule is CC(C)Cc1ccc2c3c([n+](C)ccc13)-c1ccccc1-c1ccccc1-2. The first-order valence-electron chi connectivity index (χ1n) is 9.78. The molecule has 0 spiro atoms. The zero-order valence-corrected chi connectivity index (χ0v) is 16.2. The zero-order chi connectivity index (χ0) is 18.5. The van der Waals surface area contributed by atoms with Crippen molar-refractivity contribution in [1.82, 2.24) is 0 Å². The van der Waals surface area contributed by atoms with E-state index >= 15 is 0 Å². The molecular weight excluding hydrogens is 326 g/mol. The van der Waals surface area contributed by atoms with Gasteiger partial charge in [0.05, 0.1) is 10.9 Å². The Bertz CT molecular complexity index is 1180. The van der Waals surface area contributed by atoms with Crippen molar-refractivity contribution in [2.24, 2.45) is 13.0 Å². The van der Waals surface area contributed by atoms with Crippen LogP contribution in [0.5, 0.6) is 0 Å². The van der Waals surface area contributed by atoms with Crippen LogP contribution in [0.2, 0.25) is 0 Å². The lowest BCUT2D eigenvalue weighted by atomic mass is 9.90. The van der Waals surface area contributed by atoms with E-state index in [0.29, 0.717) is 5.92 Å². The highest BCUT2D eigenvalue weighted by molar-refractivity contribution is 6.12. The summed E-state index contributed by atoms with van der Waals surface area (Å²) in [5.41, 5.74) is 9.40. The number of fused-ring (bicyclic) bond motifs is 5. The van der Waals surface area contributed by atoms with Gasteiger partial charge in [0.15, 0.2) is 6.20 Å². The van der Waals surface area contributed by atoms with Crippen molar-refractivity contribution in [3.05, 3.63) is 78.5 Å². The van der Waals surface area contributed by atoms with Crippen molar-refractivity contribution in [1.29, 1.82) is 0 Å². The predicted octanol–water partition coefficient (Wildman–Crippen LogP) is 6.18. The van der Waals surface area contributed by atoms with Gasteiger partial charge in [-0.1, -0.05) is 68.4 Å². The summed E-state index contributed by atoms with van der Waals surface area (Å²) in [7, 11) is 2.17. The van der Waals surface area contributed by atoms with Crippen molar-refractivity contribution in [2.75, 3.05) is 0 Å². The van der Waals surface area contributed by atoms with Gasteiger partial charge >= 0.3 is 0 Å². The summed E-state index contributed by atoms with van der Waals surface area (Å²) in [5, 5.41) is 2.77. The summed E-state index contributed by atoms with van der Waals surface area (Å²) in [6, 6.07) is 24.6. The molecule has 1 aliphatic rings. The Morgan fingerprint density at radius 3 is 1.96 bits per heavy atom. The molecule has 132 valence electrons. The maximum Gasteiger partial charge on any atom is 0.221 e. The Hall–Kier alpha value is -2.93. The van der Waals surface area contributed by atoms with Crippen LogP contribution in [-0.4, -0.2) is 0 Å². The van der Waals surface area contributed by atoms with Crippen LogP contribution in [0.15, 0.2) is 72.9 Å². The molecule has 1 heterocycles. The summed E-state index contributed by atoms with van der Waals surface area (Å²) < 4.78 is 2.29. The molecule has 0 bridgehead atoms. The first-order chi connectivity index (χ1) is 13.1. The molecular formula is C26H24N+. The number of benzene rings is 3. The Kier molecular flexibility index (Phi) is 3.65. The van der Waals surface area contributed by atoms with Crippen molar-refractivity contribution in [2.45, 2.75) is 20.3 Å². The first kappa shape index (κ1) is 16.3. The molecule has 1 nitrogen and oxygen atoms in total. The average Bonchev–Trinajstić information content (AvgIpc) is 2.80. The second-order valence-corrected chi connectivity index (χ2v) is 8.03. The van der Waals surface area contributed by atoms with Crippen molar-refractivity contribution < 1.29 is 4.57 Å². The maximum atomic E-state index is 2.34. The minimum absolute atomic E-state index is 0.640. The van der Waals surface area contributed by atoms with E-state index in [1.165, 1.54) is 49.8 Å². The van der Waals surface area contributed by atoms with Gasteiger partial charge in [-0.25, -0.2) is 4.57 Å². The number of pyridine rings is 1. The minimum Gasteiger partial charge on any atom is -0.200 e. The monoisotopic (exact) mass is 350 g/mol. The smallest absolute Gasteiger partial charge is 0.200 e. The third-order valence-electron chi connectivity index (χ3n) is 5.71. The number of nitrogens with zero attached hydrogens (tertiary/aromatic N) is 1. The summed E-state index contributed by atoms with van der Waals surface area (Å²) in [4.78, 5) is 0. The largest absolute Gasteiger partial charge is 0.221 e. The van der Waals surface area contributed by atoms with E-state index in [1.807, 2.05) is 0 Å². The standard InChI is InChI=1S/C26H24N/c1-17(2)16-18-12-13-23-21-9-5-4-8-20(21)22-10-6-7-11-24(22)26-25(23)19(18)14-15-27(26)3/h4-15,17H,16H2,1-3H3/q+1. The molecule has 0 aliphatic heterocycles. The number of hydrogen-bond donors (Lipinski definition) is 0. The van der Waals surface area contributed by atoms with E-state index in [1.54, 1.807) is 0 Å². The van der Waals surface area contributed by atoms with Gasteiger partial charge < -0.3 is 0 Å². The van der Waals surface area contributed by atoms with E-state index in [9.17, 15) is 0 Å². The number of aryl methyl sites for hydroxylation is 1. The van der Waals surface area contributed by atoms with E-state index in [4.69, 9.17) is 0 Å². The Labute approximate surface area is 160 Å². The highest BCUT2D eigenvalue weighted by Crippen LogP contribution is 2.46. The van der Waals surface area contributed by atoms with Crippen LogP contribution in [0.4, 0.5) is 0 Å². The Balaban J connectivity index is 2.01. The van der Waals surface area contributed by atoms with Crippen LogP contribution < -0.4 is 4.57 Å². The molecule has 1 aromatic heterocycles. The molecule has 1 aliphatic carbocycles. The van der Waals surface area contributed by atoms with E-state index < -0.39 is 0 Å². The van der Waals surface area contributed by atoms with Crippen LogP contribution in [0.3, 0.4) is 0 Å². The fourth-order valence-electron chi connectivity index (χ4n) is 4.59. The molecule has 0 amide bonds. The molecule has 0 atom stereocenters. The van der Waals surface area contributed by atoms with Crippen molar-refractivity contribution in [3.8, 4) is 33.5 Å². The lowest BCUT2D eigenvalue weighted by Crippen LogP contribution is -2.30. The van der Waals surface area contributed by atoms with Crippen LogP contribution in [0, 0.1) is 5.92 Å². The molecule has 27 heavy (non-hydrogen) atoms. The maximum absolute atomic E-state index is 2.34. The second kappa shape index (κ2) is 6.06.